The lowest BCUT2D eigenvalue weighted by atomic mass is 10.4. The van der Waals surface area contributed by atoms with E-state index in [0.717, 1.165) is 0 Å². The lowest BCUT2D eigenvalue weighted by Crippen LogP contribution is -2.13. The Kier molecular flexibility index (Phi) is 2.04. The molecule has 0 saturated heterocycles. The summed E-state index contributed by atoms with van der Waals surface area (Å²) in [6.45, 7) is 0.697. The molecule has 0 atom stereocenters. The van der Waals surface area contributed by atoms with E-state index in [0.29, 0.717) is 13.0 Å². The maximum absolute atomic E-state index is 6.93. The summed E-state index contributed by atoms with van der Waals surface area (Å²) < 4.78 is 1.75. The minimum atomic E-state index is 0.204. The fourth-order valence-corrected chi connectivity index (χ4v) is 0.668. The first-order chi connectivity index (χ1) is 4.79. The predicted octanol–water partition coefficient (Wildman–Crippen LogP) is 0.209. The molecule has 4 nitrogen and oxygen atoms in total. The van der Waals surface area contributed by atoms with Crippen LogP contribution in [0.3, 0.4) is 0 Å². The Balaban J connectivity index is 2.35. The first-order valence-corrected chi connectivity index (χ1v) is 3.09. The third kappa shape index (κ3) is 1.89. The van der Waals surface area contributed by atoms with Crippen molar-refractivity contribution in [2.75, 3.05) is 0 Å². The molecule has 1 rings (SSSR count). The van der Waals surface area contributed by atoms with Crippen LogP contribution in [0.25, 0.3) is 0 Å². The van der Waals surface area contributed by atoms with Gasteiger partial charge < -0.3 is 5.73 Å². The number of aromatic nitrogens is 2. The molecule has 3 N–H and O–H groups in total. The molecule has 4 heteroatoms. The molecule has 0 bridgehead atoms. The Morgan fingerprint density at radius 2 is 2.50 bits per heavy atom. The van der Waals surface area contributed by atoms with Gasteiger partial charge in [0.05, 0.1) is 5.84 Å². The number of nitrogens with two attached hydrogens (primary N) is 1. The standard InChI is InChI=1S/C6H10N4/c7-6(8)2-5-10-4-1-3-9-10/h1,3-4H,2,5H2,(H3,7,8). The van der Waals surface area contributed by atoms with Gasteiger partial charge in [0.15, 0.2) is 0 Å². The molecule has 0 amide bonds. The van der Waals surface area contributed by atoms with Gasteiger partial charge in [-0.25, -0.2) is 0 Å². The van der Waals surface area contributed by atoms with Crippen LogP contribution in [0, 0.1) is 5.41 Å². The minimum absolute atomic E-state index is 0.204. The Morgan fingerprint density at radius 3 is 3.00 bits per heavy atom. The zero-order chi connectivity index (χ0) is 7.40. The van der Waals surface area contributed by atoms with Crippen molar-refractivity contribution in [3.05, 3.63) is 18.5 Å². The van der Waals surface area contributed by atoms with E-state index >= 15 is 0 Å². The van der Waals surface area contributed by atoms with Gasteiger partial charge in [-0.2, -0.15) is 5.10 Å². The van der Waals surface area contributed by atoms with Crippen LogP contribution in [0.4, 0.5) is 0 Å². The molecular formula is C6H10N4. The number of rotatable bonds is 3. The van der Waals surface area contributed by atoms with Gasteiger partial charge >= 0.3 is 0 Å². The van der Waals surface area contributed by atoms with Crippen LogP contribution in [0.15, 0.2) is 18.5 Å². The number of nitrogens with one attached hydrogen (secondary N) is 1. The molecule has 1 heterocycles. The van der Waals surface area contributed by atoms with Crippen LogP contribution in [0.2, 0.25) is 0 Å². The van der Waals surface area contributed by atoms with Gasteiger partial charge in [-0.3, -0.25) is 10.1 Å². The van der Waals surface area contributed by atoms with Gasteiger partial charge in [-0.1, -0.05) is 0 Å². The zero-order valence-corrected chi connectivity index (χ0v) is 5.62. The predicted molar refractivity (Wildman–Crippen MR) is 38.8 cm³/mol. The maximum Gasteiger partial charge on any atom is 0.0923 e. The molecule has 0 unspecified atom stereocenters. The van der Waals surface area contributed by atoms with Crippen molar-refractivity contribution in [1.29, 1.82) is 5.41 Å². The normalized spacial score (nSPS) is 9.60. The number of nitrogens with zero attached hydrogens (tertiary/aromatic N) is 2. The Hall–Kier alpha value is -1.32. The molecule has 0 spiro atoms. The minimum Gasteiger partial charge on any atom is -0.388 e. The molecule has 54 valence electrons. The monoisotopic (exact) mass is 138 g/mol. The van der Waals surface area contributed by atoms with Crippen molar-refractivity contribution in [1.82, 2.24) is 9.78 Å². The fourth-order valence-electron chi connectivity index (χ4n) is 0.668. The highest BCUT2D eigenvalue weighted by Crippen LogP contribution is 1.87. The largest absolute Gasteiger partial charge is 0.388 e. The summed E-state index contributed by atoms with van der Waals surface area (Å²) in [5, 5.41) is 10.9. The molecule has 0 radical (unpaired) electrons. The topological polar surface area (TPSA) is 67.7 Å². The van der Waals surface area contributed by atoms with Gasteiger partial charge in [0, 0.05) is 25.4 Å². The van der Waals surface area contributed by atoms with Crippen LogP contribution in [0.5, 0.6) is 0 Å². The van der Waals surface area contributed by atoms with E-state index in [2.05, 4.69) is 5.10 Å². The van der Waals surface area contributed by atoms with Crippen LogP contribution < -0.4 is 5.73 Å². The molecule has 0 aliphatic rings. The smallest absolute Gasteiger partial charge is 0.0923 e. The zero-order valence-electron chi connectivity index (χ0n) is 5.62. The van der Waals surface area contributed by atoms with Crippen molar-refractivity contribution in [2.45, 2.75) is 13.0 Å². The maximum atomic E-state index is 6.93. The highest BCUT2D eigenvalue weighted by Gasteiger charge is 1.90. The van der Waals surface area contributed by atoms with E-state index in [1.807, 2.05) is 12.3 Å². The Labute approximate surface area is 59.2 Å². The van der Waals surface area contributed by atoms with Crippen LogP contribution in [-0.2, 0) is 6.54 Å². The van der Waals surface area contributed by atoms with E-state index in [1.54, 1.807) is 10.9 Å². The fraction of sp³-hybridized carbons (Fsp3) is 0.333. The van der Waals surface area contributed by atoms with Gasteiger partial charge in [0.1, 0.15) is 0 Å². The Morgan fingerprint density at radius 1 is 1.70 bits per heavy atom. The summed E-state index contributed by atoms with van der Waals surface area (Å²) in [5.74, 6) is 0.204. The summed E-state index contributed by atoms with van der Waals surface area (Å²) in [4.78, 5) is 0. The summed E-state index contributed by atoms with van der Waals surface area (Å²) in [6, 6.07) is 1.85. The number of amidine groups is 1. The lowest BCUT2D eigenvalue weighted by Gasteiger charge is -1.97. The number of hydrogen-bond donors (Lipinski definition) is 2. The third-order valence-electron chi connectivity index (χ3n) is 1.17. The first kappa shape index (κ1) is 6.80. The SMILES string of the molecule is N=C(N)CCn1cccn1. The van der Waals surface area contributed by atoms with E-state index in [-0.39, 0.29) is 5.84 Å². The highest BCUT2D eigenvalue weighted by molar-refractivity contribution is 5.76. The van der Waals surface area contributed by atoms with E-state index in [1.165, 1.54) is 0 Å². The molecular weight excluding hydrogens is 128 g/mol. The second-order valence-electron chi connectivity index (χ2n) is 2.04. The molecule has 0 saturated carbocycles. The molecule has 1 aromatic heterocycles. The molecule has 0 aliphatic heterocycles. The van der Waals surface area contributed by atoms with Crippen molar-refractivity contribution < 1.29 is 0 Å². The van der Waals surface area contributed by atoms with Crippen LogP contribution >= 0.6 is 0 Å². The summed E-state index contributed by atoms with van der Waals surface area (Å²) >= 11 is 0. The third-order valence-corrected chi connectivity index (χ3v) is 1.17. The van der Waals surface area contributed by atoms with E-state index in [4.69, 9.17) is 11.1 Å². The van der Waals surface area contributed by atoms with Crippen molar-refractivity contribution >= 4 is 5.84 Å². The Bertz CT molecular complexity index is 202. The van der Waals surface area contributed by atoms with Gasteiger partial charge in [-0.15, -0.1) is 0 Å². The first-order valence-electron chi connectivity index (χ1n) is 3.09. The average molecular weight is 138 g/mol. The quantitative estimate of drug-likeness (QED) is 0.463. The molecule has 0 aliphatic carbocycles. The summed E-state index contributed by atoms with van der Waals surface area (Å²) in [6.07, 6.45) is 4.13. The van der Waals surface area contributed by atoms with Crippen LogP contribution in [-0.4, -0.2) is 15.6 Å². The molecule has 10 heavy (non-hydrogen) atoms. The number of hydrogen-bond acceptors (Lipinski definition) is 2. The van der Waals surface area contributed by atoms with Gasteiger partial charge in [0.25, 0.3) is 0 Å². The highest BCUT2D eigenvalue weighted by atomic mass is 15.3. The second-order valence-corrected chi connectivity index (χ2v) is 2.04. The summed E-state index contributed by atoms with van der Waals surface area (Å²) in [7, 11) is 0. The van der Waals surface area contributed by atoms with E-state index in [9.17, 15) is 0 Å². The average Bonchev–Trinajstić information content (AvgIpc) is 2.34. The molecule has 0 fully saturated rings. The lowest BCUT2D eigenvalue weighted by molar-refractivity contribution is 0.632. The van der Waals surface area contributed by atoms with E-state index < -0.39 is 0 Å². The molecule has 0 aromatic carbocycles. The molecule has 1 aromatic rings. The second kappa shape index (κ2) is 3.00. The van der Waals surface area contributed by atoms with Crippen molar-refractivity contribution in [3.63, 3.8) is 0 Å². The van der Waals surface area contributed by atoms with Gasteiger partial charge in [0.2, 0.25) is 0 Å². The number of aryl methyl sites for hydroxylation is 1. The summed E-state index contributed by atoms with van der Waals surface area (Å²) in [5.41, 5.74) is 5.15. The van der Waals surface area contributed by atoms with Crippen LogP contribution in [0.1, 0.15) is 6.42 Å². The van der Waals surface area contributed by atoms with Crippen molar-refractivity contribution in [2.24, 2.45) is 5.73 Å². The van der Waals surface area contributed by atoms with Gasteiger partial charge in [-0.05, 0) is 6.07 Å². The van der Waals surface area contributed by atoms with Crippen molar-refractivity contribution in [3.8, 4) is 0 Å².